The van der Waals surface area contributed by atoms with Gasteiger partial charge in [-0.15, -0.1) is 0 Å². The summed E-state index contributed by atoms with van der Waals surface area (Å²) in [5, 5.41) is 0. The van der Waals surface area contributed by atoms with Crippen molar-refractivity contribution in [2.24, 2.45) is 5.73 Å². The van der Waals surface area contributed by atoms with Crippen molar-refractivity contribution in [3.63, 3.8) is 0 Å². The van der Waals surface area contributed by atoms with Crippen LogP contribution in [0, 0.1) is 0 Å². The van der Waals surface area contributed by atoms with Crippen molar-refractivity contribution in [1.29, 1.82) is 0 Å². The first-order chi connectivity index (χ1) is 7.74. The van der Waals surface area contributed by atoms with E-state index in [9.17, 15) is 4.79 Å². The molecule has 0 aliphatic carbocycles. The first kappa shape index (κ1) is 13.8. The summed E-state index contributed by atoms with van der Waals surface area (Å²) in [5.41, 5.74) is 5.69. The van der Waals surface area contributed by atoms with Gasteiger partial charge in [-0.25, -0.2) is 0 Å². The quantitative estimate of drug-likeness (QED) is 0.529. The van der Waals surface area contributed by atoms with Crippen molar-refractivity contribution < 1.29 is 9.53 Å². The Morgan fingerprint density at radius 3 is 2.81 bits per heavy atom. The summed E-state index contributed by atoms with van der Waals surface area (Å²) in [4.78, 5) is 13.7. The minimum atomic E-state index is -0.469. The van der Waals surface area contributed by atoms with Crippen LogP contribution in [0.3, 0.4) is 0 Å². The van der Waals surface area contributed by atoms with Crippen LogP contribution in [0.25, 0.3) is 0 Å². The molecule has 0 amide bonds. The van der Waals surface area contributed by atoms with E-state index in [1.54, 1.807) is 18.7 Å². The third-order valence-corrected chi connectivity index (χ3v) is 3.70. The molecular formula is C11H22N2O2S. The smallest absolute Gasteiger partial charge is 0.323 e. The summed E-state index contributed by atoms with van der Waals surface area (Å²) in [7, 11) is 0. The Hall–Kier alpha value is -0.260. The maximum absolute atomic E-state index is 11.2. The lowest BCUT2D eigenvalue weighted by molar-refractivity contribution is -0.144. The highest BCUT2D eigenvalue weighted by atomic mass is 32.2. The molecule has 0 aromatic rings. The van der Waals surface area contributed by atoms with E-state index in [4.69, 9.17) is 10.5 Å². The highest BCUT2D eigenvalue weighted by molar-refractivity contribution is 7.99. The predicted molar refractivity (Wildman–Crippen MR) is 67.6 cm³/mol. The van der Waals surface area contributed by atoms with Crippen molar-refractivity contribution in [2.75, 3.05) is 37.7 Å². The van der Waals surface area contributed by atoms with Gasteiger partial charge < -0.3 is 15.4 Å². The summed E-state index contributed by atoms with van der Waals surface area (Å²) in [6.45, 7) is 5.77. The molecule has 4 nitrogen and oxygen atoms in total. The second kappa shape index (κ2) is 7.92. The first-order valence-electron chi connectivity index (χ1n) is 5.96. The van der Waals surface area contributed by atoms with Gasteiger partial charge in [-0.05, 0) is 32.9 Å². The topological polar surface area (TPSA) is 55.6 Å². The number of esters is 1. The molecule has 0 spiro atoms. The Morgan fingerprint density at radius 1 is 1.50 bits per heavy atom. The predicted octanol–water partition coefficient (Wildman–Crippen LogP) is 0.706. The second-order valence-corrected chi connectivity index (χ2v) is 5.13. The number of nitrogens with zero attached hydrogens (tertiary/aromatic N) is 1. The Labute approximate surface area is 102 Å². The number of thioether (sulfide) groups is 1. The fourth-order valence-electron chi connectivity index (χ4n) is 1.73. The van der Waals surface area contributed by atoms with E-state index >= 15 is 0 Å². The van der Waals surface area contributed by atoms with Crippen molar-refractivity contribution in [3.05, 3.63) is 0 Å². The number of nitrogens with two attached hydrogens (primary N) is 1. The van der Waals surface area contributed by atoms with Gasteiger partial charge in [-0.2, -0.15) is 11.8 Å². The van der Waals surface area contributed by atoms with Gasteiger partial charge in [-0.3, -0.25) is 4.79 Å². The molecule has 0 radical (unpaired) electrons. The van der Waals surface area contributed by atoms with Gasteiger partial charge in [0.2, 0.25) is 0 Å². The van der Waals surface area contributed by atoms with Crippen LogP contribution in [-0.4, -0.2) is 54.7 Å². The molecule has 5 heteroatoms. The van der Waals surface area contributed by atoms with Gasteiger partial charge >= 0.3 is 5.97 Å². The van der Waals surface area contributed by atoms with Gasteiger partial charge in [0.1, 0.15) is 6.04 Å². The van der Waals surface area contributed by atoms with Gasteiger partial charge in [-0.1, -0.05) is 0 Å². The van der Waals surface area contributed by atoms with Crippen LogP contribution in [-0.2, 0) is 9.53 Å². The molecule has 1 heterocycles. The van der Waals surface area contributed by atoms with Crippen LogP contribution in [0.1, 0.15) is 19.8 Å². The molecule has 0 aromatic carbocycles. The van der Waals surface area contributed by atoms with E-state index < -0.39 is 6.04 Å². The zero-order valence-electron chi connectivity index (χ0n) is 9.98. The fourth-order valence-corrected chi connectivity index (χ4v) is 2.67. The Morgan fingerprint density at radius 2 is 2.19 bits per heavy atom. The monoisotopic (exact) mass is 246 g/mol. The summed E-state index contributed by atoms with van der Waals surface area (Å²) in [6, 6.07) is -0.469. The number of ether oxygens (including phenoxy) is 1. The summed E-state index contributed by atoms with van der Waals surface area (Å²) in [6.07, 6.45) is 2.65. The molecule has 1 aliphatic heterocycles. The highest BCUT2D eigenvalue weighted by Gasteiger charge is 2.15. The number of carbonyl (C=O) groups is 1. The minimum Gasteiger partial charge on any atom is -0.465 e. The standard InChI is InChI=1S/C11H22N2O2S/c1-2-15-11(14)10(12)9-16-8-7-13-5-3-4-6-13/h10H,2-9,12H2,1H3. The van der Waals surface area contributed by atoms with Crippen LogP contribution < -0.4 is 5.73 Å². The Balaban J connectivity index is 1.99. The minimum absolute atomic E-state index is 0.281. The molecule has 1 fully saturated rings. The van der Waals surface area contributed by atoms with Gasteiger partial charge in [0.15, 0.2) is 0 Å². The fraction of sp³-hybridized carbons (Fsp3) is 0.909. The molecule has 1 atom stereocenters. The normalized spacial score (nSPS) is 18.6. The lowest BCUT2D eigenvalue weighted by Crippen LogP contribution is -2.35. The Kier molecular flexibility index (Phi) is 6.84. The molecule has 1 rings (SSSR count). The first-order valence-corrected chi connectivity index (χ1v) is 7.12. The average molecular weight is 246 g/mol. The van der Waals surface area contributed by atoms with Crippen LogP contribution in [0.5, 0.6) is 0 Å². The van der Waals surface area contributed by atoms with E-state index in [1.807, 2.05) is 0 Å². The van der Waals surface area contributed by atoms with Crippen molar-refractivity contribution in [1.82, 2.24) is 4.90 Å². The summed E-state index contributed by atoms with van der Waals surface area (Å²) < 4.78 is 4.85. The number of hydrogen-bond donors (Lipinski definition) is 1. The molecule has 0 aromatic heterocycles. The van der Waals surface area contributed by atoms with E-state index in [0.717, 1.165) is 12.3 Å². The second-order valence-electron chi connectivity index (χ2n) is 3.98. The van der Waals surface area contributed by atoms with Crippen LogP contribution in [0.2, 0.25) is 0 Å². The number of hydrogen-bond acceptors (Lipinski definition) is 5. The molecule has 94 valence electrons. The SMILES string of the molecule is CCOC(=O)C(N)CSCCN1CCCC1. The third-order valence-electron chi connectivity index (χ3n) is 2.64. The summed E-state index contributed by atoms with van der Waals surface area (Å²) in [5.74, 6) is 1.43. The van der Waals surface area contributed by atoms with Crippen molar-refractivity contribution >= 4 is 17.7 Å². The highest BCUT2D eigenvalue weighted by Crippen LogP contribution is 2.09. The van der Waals surface area contributed by atoms with E-state index in [2.05, 4.69) is 4.90 Å². The Bertz CT molecular complexity index is 208. The summed E-state index contributed by atoms with van der Waals surface area (Å²) >= 11 is 1.73. The van der Waals surface area contributed by atoms with Crippen LogP contribution in [0.4, 0.5) is 0 Å². The van der Waals surface area contributed by atoms with Gasteiger partial charge in [0, 0.05) is 18.1 Å². The zero-order valence-corrected chi connectivity index (χ0v) is 10.8. The van der Waals surface area contributed by atoms with Crippen molar-refractivity contribution in [3.8, 4) is 0 Å². The molecule has 0 saturated carbocycles. The maximum Gasteiger partial charge on any atom is 0.323 e. The van der Waals surface area contributed by atoms with E-state index in [0.29, 0.717) is 12.4 Å². The number of likely N-dealkylation sites (tertiary alicyclic amines) is 1. The number of carbonyl (C=O) groups excluding carboxylic acids is 1. The average Bonchev–Trinajstić information content (AvgIpc) is 2.77. The molecule has 1 saturated heterocycles. The zero-order chi connectivity index (χ0) is 11.8. The number of rotatable bonds is 7. The lowest BCUT2D eigenvalue weighted by atomic mass is 10.4. The van der Waals surface area contributed by atoms with Crippen LogP contribution >= 0.6 is 11.8 Å². The maximum atomic E-state index is 11.2. The van der Waals surface area contributed by atoms with Crippen LogP contribution in [0.15, 0.2) is 0 Å². The molecule has 2 N–H and O–H groups in total. The van der Waals surface area contributed by atoms with Gasteiger partial charge in [0.25, 0.3) is 0 Å². The lowest BCUT2D eigenvalue weighted by Gasteiger charge is -2.14. The van der Waals surface area contributed by atoms with E-state index in [-0.39, 0.29) is 5.97 Å². The third kappa shape index (κ3) is 5.18. The molecular weight excluding hydrogens is 224 g/mol. The van der Waals surface area contributed by atoms with E-state index in [1.165, 1.54) is 25.9 Å². The molecule has 16 heavy (non-hydrogen) atoms. The van der Waals surface area contributed by atoms with Crippen molar-refractivity contribution in [2.45, 2.75) is 25.8 Å². The largest absolute Gasteiger partial charge is 0.465 e. The molecule has 0 bridgehead atoms. The molecule has 1 aliphatic rings. The molecule has 1 unspecified atom stereocenters. The van der Waals surface area contributed by atoms with Gasteiger partial charge in [0.05, 0.1) is 6.61 Å².